The number of fused-ring (bicyclic) bond motifs is 10. The van der Waals surface area contributed by atoms with Crippen molar-refractivity contribution in [1.29, 1.82) is 0 Å². The Morgan fingerprint density at radius 3 is 1.66 bits per heavy atom. The summed E-state index contributed by atoms with van der Waals surface area (Å²) in [6.45, 7) is 0. The molecule has 0 saturated heterocycles. The van der Waals surface area contributed by atoms with Crippen molar-refractivity contribution in [2.45, 2.75) is 12.8 Å². The van der Waals surface area contributed by atoms with E-state index in [1.807, 2.05) is 12.1 Å². The molecule has 2 heterocycles. The zero-order valence-corrected chi connectivity index (χ0v) is 27.2. The molecule has 10 aromatic rings. The highest BCUT2D eigenvalue weighted by Crippen LogP contribution is 2.46. The molecule has 50 heavy (non-hydrogen) atoms. The Morgan fingerprint density at radius 1 is 0.340 bits per heavy atom. The van der Waals surface area contributed by atoms with E-state index in [4.69, 9.17) is 8.83 Å². The van der Waals surface area contributed by atoms with Gasteiger partial charge in [0.15, 0.2) is 0 Å². The maximum Gasteiger partial charge on any atom is 0.136 e. The molecule has 0 radical (unpaired) electrons. The van der Waals surface area contributed by atoms with Gasteiger partial charge < -0.3 is 8.83 Å². The van der Waals surface area contributed by atoms with Gasteiger partial charge in [-0.25, -0.2) is 0 Å². The third kappa shape index (κ3) is 4.02. The lowest BCUT2D eigenvalue weighted by atomic mass is 9.82. The van der Waals surface area contributed by atoms with E-state index >= 15 is 0 Å². The first-order valence-electron chi connectivity index (χ1n) is 17.4. The smallest absolute Gasteiger partial charge is 0.136 e. The van der Waals surface area contributed by atoms with Gasteiger partial charge >= 0.3 is 0 Å². The molecule has 0 N–H and O–H groups in total. The number of rotatable bonds is 3. The SMILES string of the molecule is C1=C(c2ccccc2)CCC(c2c3ccccc3c(-c3ccc4oc5cc6ccc7oc8ccccc8c7c6cc5c4c3)c3ccccc23)=C1. The van der Waals surface area contributed by atoms with Crippen LogP contribution in [0.15, 0.2) is 167 Å². The van der Waals surface area contributed by atoms with Crippen molar-refractivity contribution in [3.05, 3.63) is 169 Å². The lowest BCUT2D eigenvalue weighted by Crippen LogP contribution is -1.97. The third-order valence-electron chi connectivity index (χ3n) is 10.8. The summed E-state index contributed by atoms with van der Waals surface area (Å²) in [6.07, 6.45) is 6.72. The van der Waals surface area contributed by atoms with Crippen LogP contribution in [0, 0.1) is 0 Å². The number of para-hydroxylation sites is 1. The van der Waals surface area contributed by atoms with E-state index in [1.54, 1.807) is 0 Å². The van der Waals surface area contributed by atoms with Crippen molar-refractivity contribution < 1.29 is 8.83 Å². The number of allylic oxidation sites excluding steroid dienone is 4. The van der Waals surface area contributed by atoms with Crippen molar-refractivity contribution in [1.82, 2.24) is 0 Å². The Bertz CT molecular complexity index is 3020. The van der Waals surface area contributed by atoms with Crippen LogP contribution in [0.4, 0.5) is 0 Å². The molecule has 234 valence electrons. The molecule has 2 heteroatoms. The summed E-state index contributed by atoms with van der Waals surface area (Å²) in [5.41, 5.74) is 11.5. The maximum atomic E-state index is 6.51. The Hall–Kier alpha value is -6.38. The fourth-order valence-corrected chi connectivity index (χ4v) is 8.50. The topological polar surface area (TPSA) is 26.3 Å². The van der Waals surface area contributed by atoms with Crippen molar-refractivity contribution >= 4 is 87.3 Å². The molecule has 11 rings (SSSR count). The average Bonchev–Trinajstić information content (AvgIpc) is 3.74. The first-order valence-corrected chi connectivity index (χ1v) is 17.4. The molecule has 0 unspecified atom stereocenters. The fraction of sp³-hybridized carbons (Fsp3) is 0.0417. The van der Waals surface area contributed by atoms with E-state index in [1.165, 1.54) is 60.3 Å². The van der Waals surface area contributed by atoms with E-state index in [0.29, 0.717) is 0 Å². The van der Waals surface area contributed by atoms with Crippen LogP contribution in [-0.2, 0) is 0 Å². The molecule has 0 aliphatic heterocycles. The minimum absolute atomic E-state index is 0.894. The second kappa shape index (κ2) is 10.6. The second-order valence-corrected chi connectivity index (χ2v) is 13.5. The standard InChI is InChI=1S/C48H30O2/c1-2-10-29(11-3-1)30-18-20-31(21-19-30)46-34-12-4-6-14-36(34)47(37-15-7-5-13-35(37)46)33-23-24-43-40(26-33)41-28-39-32(27-45(41)50-43)22-25-44-48(39)38-16-8-9-17-42(38)49-44/h1-18,20,22-28H,19,21H2. The highest BCUT2D eigenvalue weighted by atomic mass is 16.3. The highest BCUT2D eigenvalue weighted by Gasteiger charge is 2.21. The van der Waals surface area contributed by atoms with Crippen LogP contribution in [0.3, 0.4) is 0 Å². The monoisotopic (exact) mass is 638 g/mol. The third-order valence-corrected chi connectivity index (χ3v) is 10.8. The zero-order valence-electron chi connectivity index (χ0n) is 27.2. The number of hydrogen-bond acceptors (Lipinski definition) is 2. The molecule has 0 spiro atoms. The number of hydrogen-bond donors (Lipinski definition) is 0. The van der Waals surface area contributed by atoms with Gasteiger partial charge in [0.2, 0.25) is 0 Å². The molecule has 2 aromatic heterocycles. The molecule has 2 nitrogen and oxygen atoms in total. The van der Waals surface area contributed by atoms with Gasteiger partial charge in [0.05, 0.1) is 0 Å². The maximum absolute atomic E-state index is 6.51. The quantitative estimate of drug-likeness (QED) is 0.180. The van der Waals surface area contributed by atoms with Crippen LogP contribution in [0.25, 0.3) is 98.5 Å². The van der Waals surface area contributed by atoms with Gasteiger partial charge in [-0.3, -0.25) is 0 Å². The Kier molecular flexibility index (Phi) is 5.82. The van der Waals surface area contributed by atoms with E-state index in [-0.39, 0.29) is 0 Å². The molecule has 0 bridgehead atoms. The van der Waals surface area contributed by atoms with Gasteiger partial charge in [0, 0.05) is 21.5 Å². The largest absolute Gasteiger partial charge is 0.456 e. The van der Waals surface area contributed by atoms with Crippen LogP contribution in [-0.4, -0.2) is 0 Å². The van der Waals surface area contributed by atoms with Crippen LogP contribution < -0.4 is 0 Å². The zero-order chi connectivity index (χ0) is 32.8. The lowest BCUT2D eigenvalue weighted by molar-refractivity contribution is 0.668. The van der Waals surface area contributed by atoms with Gasteiger partial charge in [-0.15, -0.1) is 0 Å². The molecule has 0 fully saturated rings. The molecule has 0 saturated carbocycles. The van der Waals surface area contributed by atoms with Gasteiger partial charge in [-0.1, -0.05) is 121 Å². The normalized spacial score (nSPS) is 13.7. The van der Waals surface area contributed by atoms with Gasteiger partial charge in [0.1, 0.15) is 22.3 Å². The van der Waals surface area contributed by atoms with Crippen LogP contribution in [0.1, 0.15) is 24.0 Å². The number of benzene rings is 8. The summed E-state index contributed by atoms with van der Waals surface area (Å²) in [6, 6.07) is 52.4. The first-order chi connectivity index (χ1) is 24.8. The van der Waals surface area contributed by atoms with Crippen molar-refractivity contribution in [3.8, 4) is 11.1 Å². The summed E-state index contributed by atoms with van der Waals surface area (Å²) < 4.78 is 12.8. The highest BCUT2D eigenvalue weighted by molar-refractivity contribution is 6.24. The predicted molar refractivity (Wildman–Crippen MR) is 211 cm³/mol. The molecule has 0 amide bonds. The van der Waals surface area contributed by atoms with Crippen LogP contribution in [0.2, 0.25) is 0 Å². The van der Waals surface area contributed by atoms with E-state index in [9.17, 15) is 0 Å². The molecule has 8 aromatic carbocycles. The van der Waals surface area contributed by atoms with Crippen LogP contribution in [0.5, 0.6) is 0 Å². The first kappa shape index (κ1) is 27.6. The summed E-state index contributed by atoms with van der Waals surface area (Å²) >= 11 is 0. The van der Waals surface area contributed by atoms with Crippen molar-refractivity contribution in [2.75, 3.05) is 0 Å². The Morgan fingerprint density at radius 2 is 0.920 bits per heavy atom. The van der Waals surface area contributed by atoms with E-state index in [2.05, 4.69) is 146 Å². The Balaban J connectivity index is 1.14. The summed E-state index contributed by atoms with van der Waals surface area (Å²) in [7, 11) is 0. The molecule has 1 aliphatic carbocycles. The number of furan rings is 2. The van der Waals surface area contributed by atoms with Gasteiger partial charge in [0.25, 0.3) is 0 Å². The minimum atomic E-state index is 0.894. The molecule has 1 aliphatic rings. The molecular weight excluding hydrogens is 609 g/mol. The lowest BCUT2D eigenvalue weighted by Gasteiger charge is -2.21. The summed E-state index contributed by atoms with van der Waals surface area (Å²) in [5.74, 6) is 0. The van der Waals surface area contributed by atoms with Crippen molar-refractivity contribution in [3.63, 3.8) is 0 Å². The fourth-order valence-electron chi connectivity index (χ4n) is 8.50. The second-order valence-electron chi connectivity index (χ2n) is 13.5. The van der Waals surface area contributed by atoms with Crippen molar-refractivity contribution in [2.24, 2.45) is 0 Å². The van der Waals surface area contributed by atoms with E-state index in [0.717, 1.165) is 62.1 Å². The Labute approximate surface area is 288 Å². The average molecular weight is 639 g/mol. The van der Waals surface area contributed by atoms with E-state index < -0.39 is 0 Å². The van der Waals surface area contributed by atoms with Crippen LogP contribution >= 0.6 is 0 Å². The van der Waals surface area contributed by atoms with Gasteiger partial charge in [-0.2, -0.15) is 0 Å². The summed E-state index contributed by atoms with van der Waals surface area (Å²) in [5, 5.41) is 12.0. The predicted octanol–water partition coefficient (Wildman–Crippen LogP) is 13.9. The molecule has 0 atom stereocenters. The molecular formula is C48H30O2. The minimum Gasteiger partial charge on any atom is -0.456 e. The van der Waals surface area contributed by atoms with Gasteiger partial charge in [-0.05, 0) is 115 Å². The summed E-state index contributed by atoms with van der Waals surface area (Å²) in [4.78, 5) is 0.